The summed E-state index contributed by atoms with van der Waals surface area (Å²) in [5, 5.41) is 8.50. The van der Waals surface area contributed by atoms with Crippen molar-refractivity contribution in [2.45, 2.75) is 6.54 Å². The van der Waals surface area contributed by atoms with Gasteiger partial charge >= 0.3 is 11.8 Å². The second-order valence-electron chi connectivity index (χ2n) is 6.35. The standard InChI is InChI=1S/C22H19FN4O5/c23-18-5-1-2-6-19(18)26-21(29)22(30)27-25-12-15-7-9-16(10-8-15)32-14-20(28)24-13-17-4-3-11-31-17/h1-12H,13-14H2,(H,24,28)(H,26,29)(H,27,30)/b25-12-. The van der Waals surface area contributed by atoms with Crippen molar-refractivity contribution in [2.75, 3.05) is 11.9 Å². The lowest BCUT2D eigenvalue weighted by atomic mass is 10.2. The average molecular weight is 438 g/mol. The molecule has 164 valence electrons. The summed E-state index contributed by atoms with van der Waals surface area (Å²) in [6, 6.07) is 15.5. The fourth-order valence-corrected chi connectivity index (χ4v) is 2.41. The van der Waals surface area contributed by atoms with E-state index in [1.807, 2.05) is 0 Å². The van der Waals surface area contributed by atoms with Gasteiger partial charge in [-0.15, -0.1) is 0 Å². The van der Waals surface area contributed by atoms with Gasteiger partial charge < -0.3 is 19.8 Å². The van der Waals surface area contributed by atoms with Crippen LogP contribution in [0.15, 0.2) is 76.4 Å². The van der Waals surface area contributed by atoms with E-state index in [-0.39, 0.29) is 24.7 Å². The lowest BCUT2D eigenvalue weighted by molar-refractivity contribution is -0.136. The molecule has 3 rings (SSSR count). The number of hydrazone groups is 1. The number of hydrogen-bond donors (Lipinski definition) is 3. The Kier molecular flexibility index (Phi) is 7.68. The monoisotopic (exact) mass is 438 g/mol. The van der Waals surface area contributed by atoms with Gasteiger partial charge in [-0.2, -0.15) is 5.10 Å². The number of carbonyl (C=O) groups excluding carboxylic acids is 3. The van der Waals surface area contributed by atoms with Crippen molar-refractivity contribution in [3.63, 3.8) is 0 Å². The number of amides is 3. The van der Waals surface area contributed by atoms with Crippen LogP contribution >= 0.6 is 0 Å². The van der Waals surface area contributed by atoms with Gasteiger partial charge in [-0.1, -0.05) is 12.1 Å². The van der Waals surface area contributed by atoms with Crippen LogP contribution in [0.5, 0.6) is 5.75 Å². The molecule has 0 saturated heterocycles. The first-order valence-electron chi connectivity index (χ1n) is 9.42. The van der Waals surface area contributed by atoms with Crippen molar-refractivity contribution >= 4 is 29.6 Å². The molecule has 32 heavy (non-hydrogen) atoms. The highest BCUT2D eigenvalue weighted by molar-refractivity contribution is 6.39. The van der Waals surface area contributed by atoms with E-state index in [1.54, 1.807) is 36.4 Å². The Hall–Kier alpha value is -4.47. The largest absolute Gasteiger partial charge is 0.484 e. The van der Waals surface area contributed by atoms with Gasteiger partial charge in [-0.05, 0) is 54.1 Å². The van der Waals surface area contributed by atoms with Gasteiger partial charge in [-0.25, -0.2) is 9.82 Å². The zero-order chi connectivity index (χ0) is 22.8. The summed E-state index contributed by atoms with van der Waals surface area (Å²) in [4.78, 5) is 35.3. The highest BCUT2D eigenvalue weighted by Gasteiger charge is 2.14. The van der Waals surface area contributed by atoms with Crippen LogP contribution in [-0.4, -0.2) is 30.5 Å². The van der Waals surface area contributed by atoms with Crippen molar-refractivity contribution < 1.29 is 27.9 Å². The number of carbonyl (C=O) groups is 3. The topological polar surface area (TPSA) is 122 Å². The van der Waals surface area contributed by atoms with Gasteiger partial charge in [-0.3, -0.25) is 14.4 Å². The minimum atomic E-state index is -1.05. The number of anilines is 1. The van der Waals surface area contributed by atoms with Crippen molar-refractivity contribution in [1.82, 2.24) is 10.7 Å². The molecule has 2 aromatic carbocycles. The quantitative estimate of drug-likeness (QED) is 0.283. The molecule has 0 bridgehead atoms. The third kappa shape index (κ3) is 6.80. The number of para-hydroxylation sites is 1. The smallest absolute Gasteiger partial charge is 0.329 e. The Morgan fingerprint density at radius 2 is 1.78 bits per heavy atom. The number of nitrogens with one attached hydrogen (secondary N) is 3. The zero-order valence-corrected chi connectivity index (χ0v) is 16.7. The van der Waals surface area contributed by atoms with Crippen LogP contribution in [-0.2, 0) is 20.9 Å². The number of halogens is 1. The summed E-state index contributed by atoms with van der Waals surface area (Å²) in [5.74, 6) is -1.97. The fraction of sp³-hybridized carbons (Fsp3) is 0.0909. The highest BCUT2D eigenvalue weighted by Crippen LogP contribution is 2.12. The number of ether oxygens (including phenoxy) is 1. The second kappa shape index (κ2) is 11.1. The summed E-state index contributed by atoms with van der Waals surface area (Å²) in [5.41, 5.74) is 2.55. The number of furan rings is 1. The van der Waals surface area contributed by atoms with Gasteiger partial charge in [0, 0.05) is 0 Å². The van der Waals surface area contributed by atoms with Gasteiger partial charge in [0.25, 0.3) is 5.91 Å². The van der Waals surface area contributed by atoms with Gasteiger partial charge in [0.05, 0.1) is 24.7 Å². The maximum atomic E-state index is 13.5. The molecule has 3 amide bonds. The normalized spacial score (nSPS) is 10.5. The van der Waals surface area contributed by atoms with Crippen molar-refractivity contribution in [3.8, 4) is 5.75 Å². The van der Waals surface area contributed by atoms with Crippen LogP contribution in [0, 0.1) is 5.82 Å². The molecular weight excluding hydrogens is 419 g/mol. The van der Waals surface area contributed by atoms with Crippen LogP contribution in [0.25, 0.3) is 0 Å². The Balaban J connectivity index is 1.40. The molecule has 0 aliphatic carbocycles. The predicted octanol–water partition coefficient (Wildman–Crippen LogP) is 2.20. The van der Waals surface area contributed by atoms with Crippen molar-refractivity contribution in [3.05, 3.63) is 84.1 Å². The summed E-state index contributed by atoms with van der Waals surface area (Å²) in [7, 11) is 0. The lowest BCUT2D eigenvalue weighted by Gasteiger charge is -2.07. The first-order valence-corrected chi connectivity index (χ1v) is 9.42. The van der Waals surface area contributed by atoms with Gasteiger partial charge in [0.1, 0.15) is 17.3 Å². The van der Waals surface area contributed by atoms with E-state index in [0.29, 0.717) is 17.1 Å². The molecule has 0 radical (unpaired) electrons. The Bertz CT molecular complexity index is 1100. The van der Waals surface area contributed by atoms with Gasteiger partial charge in [0.2, 0.25) is 0 Å². The number of rotatable bonds is 8. The SMILES string of the molecule is O=C(COc1ccc(/C=N\NC(=O)C(=O)Nc2ccccc2F)cc1)NCc1ccco1. The molecule has 0 atom stereocenters. The fourth-order valence-electron chi connectivity index (χ4n) is 2.41. The first kappa shape index (κ1) is 22.2. The van der Waals surface area contributed by atoms with Crippen LogP contribution in [0.1, 0.15) is 11.3 Å². The van der Waals surface area contributed by atoms with E-state index in [0.717, 1.165) is 6.07 Å². The third-order valence-corrected chi connectivity index (χ3v) is 4.00. The maximum absolute atomic E-state index is 13.5. The van der Waals surface area contributed by atoms with E-state index in [9.17, 15) is 18.8 Å². The molecule has 0 saturated carbocycles. The molecule has 1 heterocycles. The van der Waals surface area contributed by atoms with Crippen molar-refractivity contribution in [2.24, 2.45) is 5.10 Å². The minimum Gasteiger partial charge on any atom is -0.484 e. The first-order chi connectivity index (χ1) is 15.5. The number of benzene rings is 2. The second-order valence-corrected chi connectivity index (χ2v) is 6.35. The Morgan fingerprint density at radius 1 is 1.00 bits per heavy atom. The molecule has 3 N–H and O–H groups in total. The summed E-state index contributed by atoms with van der Waals surface area (Å²) in [6.45, 7) is 0.107. The van der Waals surface area contributed by atoms with E-state index >= 15 is 0 Å². The third-order valence-electron chi connectivity index (χ3n) is 4.00. The molecule has 0 aliphatic heterocycles. The van der Waals surface area contributed by atoms with Crippen LogP contribution < -0.4 is 20.8 Å². The van der Waals surface area contributed by atoms with Crippen LogP contribution in [0.4, 0.5) is 10.1 Å². The molecule has 3 aromatic rings. The predicted molar refractivity (Wildman–Crippen MR) is 113 cm³/mol. The van der Waals surface area contributed by atoms with E-state index in [2.05, 4.69) is 21.2 Å². The zero-order valence-electron chi connectivity index (χ0n) is 16.7. The van der Waals surface area contributed by atoms with E-state index in [4.69, 9.17) is 9.15 Å². The molecule has 1 aromatic heterocycles. The maximum Gasteiger partial charge on any atom is 0.329 e. The molecule has 0 unspecified atom stereocenters. The lowest BCUT2D eigenvalue weighted by Crippen LogP contribution is -2.32. The number of nitrogens with zero attached hydrogens (tertiary/aromatic N) is 1. The van der Waals surface area contributed by atoms with Crippen molar-refractivity contribution in [1.29, 1.82) is 0 Å². The van der Waals surface area contributed by atoms with E-state index in [1.165, 1.54) is 30.7 Å². The molecule has 0 spiro atoms. The summed E-state index contributed by atoms with van der Waals surface area (Å²) in [6.07, 6.45) is 2.84. The molecule has 0 fully saturated rings. The highest BCUT2D eigenvalue weighted by atomic mass is 19.1. The number of hydrogen-bond acceptors (Lipinski definition) is 6. The summed E-state index contributed by atoms with van der Waals surface area (Å²) < 4.78 is 24.0. The Morgan fingerprint density at radius 3 is 2.50 bits per heavy atom. The minimum absolute atomic E-state index is 0.109. The molecular formula is C22H19FN4O5. The molecule has 9 nitrogen and oxygen atoms in total. The van der Waals surface area contributed by atoms with Crippen LogP contribution in [0.2, 0.25) is 0 Å². The Labute approximate surface area is 182 Å². The average Bonchev–Trinajstić information content (AvgIpc) is 3.32. The van der Waals surface area contributed by atoms with Crippen LogP contribution in [0.3, 0.4) is 0 Å². The summed E-state index contributed by atoms with van der Waals surface area (Å²) >= 11 is 0. The van der Waals surface area contributed by atoms with Gasteiger partial charge in [0.15, 0.2) is 6.61 Å². The molecule has 10 heteroatoms. The molecule has 0 aliphatic rings. The van der Waals surface area contributed by atoms with E-state index < -0.39 is 17.6 Å².